The largest absolute Gasteiger partial charge is 4.00 e. The SMILES string of the molecule is CCC(=O)CC(=O)[O-].CCC(=O)CC(=O)[O-].CCC(=O)CC(=O)[O-].CCC(=O)CC(=O)[O-].[Zr+4]. The molecule has 0 spiro atoms. The van der Waals surface area contributed by atoms with E-state index in [1.165, 1.54) is 0 Å². The number of carboxylic acids is 4. The van der Waals surface area contributed by atoms with Gasteiger partial charge in [0, 0.05) is 75.2 Å². The fraction of sp³-hybridized carbons (Fsp3) is 0.600. The van der Waals surface area contributed by atoms with Crippen molar-refractivity contribution in [3.05, 3.63) is 0 Å². The van der Waals surface area contributed by atoms with Crippen LogP contribution in [0.3, 0.4) is 0 Å². The molecule has 0 bridgehead atoms. The zero-order chi connectivity index (χ0) is 26.3. The molecule has 0 aliphatic carbocycles. The third-order valence-electron chi connectivity index (χ3n) is 2.94. The maximum Gasteiger partial charge on any atom is 4.00 e. The van der Waals surface area contributed by atoms with Crippen molar-refractivity contribution < 1.29 is 85.0 Å². The Balaban J connectivity index is -0.000000105. The number of ketones is 4. The molecule has 0 aliphatic rings. The Morgan fingerprint density at radius 2 is 0.515 bits per heavy atom. The smallest absolute Gasteiger partial charge is 0.550 e. The van der Waals surface area contributed by atoms with E-state index in [1.54, 1.807) is 27.7 Å². The van der Waals surface area contributed by atoms with Gasteiger partial charge in [-0.3, -0.25) is 19.2 Å². The van der Waals surface area contributed by atoms with Gasteiger partial charge in [-0.1, -0.05) is 27.7 Å². The topological polar surface area (TPSA) is 229 Å². The third-order valence-corrected chi connectivity index (χ3v) is 2.94. The Hall–Kier alpha value is -2.56. The molecule has 0 aliphatic heterocycles. The first-order valence-corrected chi connectivity index (χ1v) is 9.52. The van der Waals surface area contributed by atoms with Crippen molar-refractivity contribution in [2.45, 2.75) is 79.1 Å². The molecule has 184 valence electrons. The minimum Gasteiger partial charge on any atom is -0.550 e. The van der Waals surface area contributed by atoms with Gasteiger partial charge in [-0.25, -0.2) is 0 Å². The summed E-state index contributed by atoms with van der Waals surface area (Å²) in [4.78, 5) is 79.4. The summed E-state index contributed by atoms with van der Waals surface area (Å²) in [5, 5.41) is 38.5. The second-order valence-corrected chi connectivity index (χ2v) is 5.76. The molecule has 0 radical (unpaired) electrons. The van der Waals surface area contributed by atoms with Crippen LogP contribution in [-0.4, -0.2) is 47.0 Å². The van der Waals surface area contributed by atoms with Gasteiger partial charge in [0.05, 0.1) is 0 Å². The van der Waals surface area contributed by atoms with Crippen LogP contribution in [0.4, 0.5) is 0 Å². The van der Waals surface area contributed by atoms with Crippen LogP contribution in [0.1, 0.15) is 79.1 Å². The first-order valence-electron chi connectivity index (χ1n) is 9.52. The van der Waals surface area contributed by atoms with Crippen LogP contribution in [0.25, 0.3) is 0 Å². The third kappa shape index (κ3) is 48.2. The molecule has 0 saturated carbocycles. The van der Waals surface area contributed by atoms with Gasteiger partial charge in [0.1, 0.15) is 23.1 Å². The van der Waals surface area contributed by atoms with Crippen LogP contribution in [-0.2, 0) is 64.6 Å². The summed E-state index contributed by atoms with van der Waals surface area (Å²) in [7, 11) is 0. The molecule has 0 amide bonds. The molecular weight excluding hydrogens is 523 g/mol. The van der Waals surface area contributed by atoms with E-state index in [0.29, 0.717) is 0 Å². The summed E-state index contributed by atoms with van der Waals surface area (Å²) in [5.74, 6) is -6.33. The van der Waals surface area contributed by atoms with Gasteiger partial charge in [-0.2, -0.15) is 0 Å². The van der Waals surface area contributed by atoms with Crippen molar-refractivity contribution in [3.63, 3.8) is 0 Å². The summed E-state index contributed by atoms with van der Waals surface area (Å²) >= 11 is 0. The quantitative estimate of drug-likeness (QED) is 0.214. The average Bonchev–Trinajstić information content (AvgIpc) is 2.67. The zero-order valence-corrected chi connectivity index (χ0v) is 21.5. The second kappa shape index (κ2) is 27.5. The Labute approximate surface area is 210 Å². The van der Waals surface area contributed by atoms with E-state index < -0.39 is 49.6 Å². The van der Waals surface area contributed by atoms with Crippen molar-refractivity contribution in [2.24, 2.45) is 0 Å². The first-order chi connectivity index (χ1) is 14.7. The van der Waals surface area contributed by atoms with E-state index in [4.69, 9.17) is 0 Å². The van der Waals surface area contributed by atoms with Gasteiger partial charge >= 0.3 is 26.2 Å². The molecule has 33 heavy (non-hydrogen) atoms. The van der Waals surface area contributed by atoms with Gasteiger partial charge in [0.25, 0.3) is 0 Å². The summed E-state index contributed by atoms with van der Waals surface area (Å²) in [6.07, 6.45) is -0.704. The number of carbonyl (C=O) groups excluding carboxylic acids is 8. The number of Topliss-reactive ketones (excluding diaryl/α,β-unsaturated/α-hetero) is 4. The summed E-state index contributed by atoms with van der Waals surface area (Å²) < 4.78 is 0. The molecule has 0 rings (SSSR count). The van der Waals surface area contributed by atoms with Gasteiger partial charge in [0.2, 0.25) is 0 Å². The fourth-order valence-corrected chi connectivity index (χ4v) is 1.14. The maximum absolute atomic E-state index is 10.2. The van der Waals surface area contributed by atoms with Crippen molar-refractivity contribution in [2.75, 3.05) is 0 Å². The number of hydrogen-bond acceptors (Lipinski definition) is 12. The monoisotopic (exact) mass is 550 g/mol. The zero-order valence-electron chi connectivity index (χ0n) is 19.1. The van der Waals surface area contributed by atoms with Crippen LogP contribution in [0.15, 0.2) is 0 Å². The van der Waals surface area contributed by atoms with Crippen LogP contribution >= 0.6 is 0 Å². The van der Waals surface area contributed by atoms with Crippen LogP contribution < -0.4 is 20.4 Å². The minimum absolute atomic E-state index is 0. The predicted molar refractivity (Wildman–Crippen MR) is 99.7 cm³/mol. The summed E-state index contributed by atoms with van der Waals surface area (Å²) in [6.45, 7) is 6.47. The number of aliphatic carboxylic acids is 4. The van der Waals surface area contributed by atoms with E-state index >= 15 is 0 Å². The maximum atomic E-state index is 10.2. The van der Waals surface area contributed by atoms with Gasteiger partial charge in [-0.15, -0.1) is 0 Å². The van der Waals surface area contributed by atoms with Gasteiger partial charge < -0.3 is 39.6 Å². The molecule has 0 unspecified atom stereocenters. The Morgan fingerprint density at radius 3 is 0.545 bits per heavy atom. The van der Waals surface area contributed by atoms with Crippen molar-refractivity contribution in [1.29, 1.82) is 0 Å². The molecule has 0 aromatic heterocycles. The molecule has 0 aromatic carbocycles. The Morgan fingerprint density at radius 1 is 0.394 bits per heavy atom. The Bertz CT molecular complexity index is 543. The van der Waals surface area contributed by atoms with Crippen molar-refractivity contribution in [1.82, 2.24) is 0 Å². The van der Waals surface area contributed by atoms with Crippen molar-refractivity contribution >= 4 is 47.0 Å². The normalized spacial score (nSPS) is 8.36. The average molecular weight is 552 g/mol. The number of rotatable bonds is 12. The molecule has 0 aromatic rings. The van der Waals surface area contributed by atoms with Crippen molar-refractivity contribution in [3.8, 4) is 0 Å². The first kappa shape index (κ1) is 40.8. The standard InChI is InChI=1S/4C5H8O3.Zr/c4*1-2-4(6)3-5(7)8;/h4*2-3H2,1H3,(H,7,8);/q;;;;+4/p-4. The number of hydrogen-bond donors (Lipinski definition) is 0. The Kier molecular flexibility index (Phi) is 33.9. The van der Waals surface area contributed by atoms with E-state index in [9.17, 15) is 58.8 Å². The molecule has 0 fully saturated rings. The van der Waals surface area contributed by atoms with Crippen LogP contribution in [0.5, 0.6) is 0 Å². The van der Waals surface area contributed by atoms with Crippen LogP contribution in [0.2, 0.25) is 0 Å². The second-order valence-electron chi connectivity index (χ2n) is 5.76. The van der Waals surface area contributed by atoms with Crippen LogP contribution in [0, 0.1) is 0 Å². The van der Waals surface area contributed by atoms with E-state index in [-0.39, 0.29) is 75.0 Å². The summed E-state index contributed by atoms with van der Waals surface area (Å²) in [6, 6.07) is 0. The van der Waals surface area contributed by atoms with E-state index in [2.05, 4.69) is 0 Å². The molecule has 0 atom stereocenters. The molecule has 0 heterocycles. The molecular formula is C20H28O12Zr. The molecule has 13 heteroatoms. The minimum atomic E-state index is -1.29. The van der Waals surface area contributed by atoms with E-state index in [1.807, 2.05) is 0 Å². The van der Waals surface area contributed by atoms with Gasteiger partial charge in [0.15, 0.2) is 0 Å². The molecule has 12 nitrogen and oxygen atoms in total. The summed E-state index contributed by atoms with van der Waals surface area (Å²) in [5.41, 5.74) is 0. The molecule has 0 saturated heterocycles. The molecule has 0 N–H and O–H groups in total. The van der Waals surface area contributed by atoms with Gasteiger partial charge in [-0.05, 0) is 0 Å². The van der Waals surface area contributed by atoms with E-state index in [0.717, 1.165) is 0 Å². The number of carbonyl (C=O) groups is 8. The number of carboxylic acid groups (broad SMARTS) is 4. The fourth-order valence-electron chi connectivity index (χ4n) is 1.14. The predicted octanol–water partition coefficient (Wildman–Crippen LogP) is -3.58.